The Bertz CT molecular complexity index is 275. The van der Waals surface area contributed by atoms with Gasteiger partial charge in [0.15, 0.2) is 0 Å². The first-order valence-corrected chi connectivity index (χ1v) is 7.93. The van der Waals surface area contributed by atoms with Crippen molar-refractivity contribution in [3.05, 3.63) is 0 Å². The fourth-order valence-corrected chi connectivity index (χ4v) is 3.50. The molecule has 0 aromatic carbocycles. The van der Waals surface area contributed by atoms with Gasteiger partial charge in [-0.3, -0.25) is 4.79 Å². The monoisotopic (exact) mass is 289 g/mol. The summed E-state index contributed by atoms with van der Waals surface area (Å²) in [5.74, 6) is 1.35. The van der Waals surface area contributed by atoms with Crippen LogP contribution in [0.5, 0.6) is 0 Å². The van der Waals surface area contributed by atoms with Gasteiger partial charge in [-0.1, -0.05) is 26.7 Å². The second-order valence-corrected chi connectivity index (χ2v) is 6.44. The van der Waals surface area contributed by atoms with Gasteiger partial charge < -0.3 is 9.64 Å². The zero-order valence-electron chi connectivity index (χ0n) is 12.6. The van der Waals surface area contributed by atoms with Gasteiger partial charge in [-0.05, 0) is 25.2 Å². The van der Waals surface area contributed by atoms with Crippen LogP contribution >= 0.6 is 11.6 Å². The average molecular weight is 290 g/mol. The third-order valence-corrected chi connectivity index (χ3v) is 4.19. The van der Waals surface area contributed by atoms with Crippen molar-refractivity contribution in [1.82, 2.24) is 4.90 Å². The Morgan fingerprint density at radius 2 is 1.95 bits per heavy atom. The second kappa shape index (κ2) is 8.11. The number of carbonyl (C=O) groups is 1. The van der Waals surface area contributed by atoms with E-state index < -0.39 is 0 Å². The molecular formula is C15H28ClNO2. The van der Waals surface area contributed by atoms with E-state index in [9.17, 15) is 4.79 Å². The number of hydrogen-bond donors (Lipinski definition) is 0. The van der Waals surface area contributed by atoms with Crippen LogP contribution in [0.25, 0.3) is 0 Å². The van der Waals surface area contributed by atoms with E-state index in [-0.39, 0.29) is 5.41 Å². The minimum Gasteiger partial charge on any atom is -0.383 e. The molecule has 0 bridgehead atoms. The van der Waals surface area contributed by atoms with Gasteiger partial charge in [0, 0.05) is 31.5 Å². The Kier molecular flexibility index (Phi) is 7.16. The summed E-state index contributed by atoms with van der Waals surface area (Å²) in [5.41, 5.74) is -0.131. The van der Waals surface area contributed by atoms with Gasteiger partial charge in [-0.15, -0.1) is 11.6 Å². The number of ether oxygens (including phenoxy) is 1. The van der Waals surface area contributed by atoms with Gasteiger partial charge in [0.1, 0.15) is 0 Å². The van der Waals surface area contributed by atoms with Crippen LogP contribution in [0.3, 0.4) is 0 Å². The van der Waals surface area contributed by atoms with E-state index >= 15 is 0 Å². The standard InChI is InChI=1S/C15H28ClNO2/c1-13(2)12-15(6-4-5-7-15)14(18)17(9-8-16)10-11-19-3/h13H,4-12H2,1-3H3. The molecular weight excluding hydrogens is 262 g/mol. The fraction of sp³-hybridized carbons (Fsp3) is 0.933. The van der Waals surface area contributed by atoms with Gasteiger partial charge in [-0.25, -0.2) is 0 Å². The van der Waals surface area contributed by atoms with Gasteiger partial charge in [0.2, 0.25) is 5.91 Å². The van der Waals surface area contributed by atoms with Gasteiger partial charge in [-0.2, -0.15) is 0 Å². The Morgan fingerprint density at radius 3 is 2.42 bits per heavy atom. The maximum atomic E-state index is 12.9. The maximum Gasteiger partial charge on any atom is 0.228 e. The highest BCUT2D eigenvalue weighted by Gasteiger charge is 2.43. The molecule has 0 spiro atoms. The molecule has 0 atom stereocenters. The van der Waals surface area contributed by atoms with Crippen LogP contribution < -0.4 is 0 Å². The Morgan fingerprint density at radius 1 is 1.32 bits per heavy atom. The molecule has 0 aliphatic heterocycles. The summed E-state index contributed by atoms with van der Waals surface area (Å²) in [6.45, 7) is 6.27. The van der Waals surface area contributed by atoms with Crippen molar-refractivity contribution in [2.75, 3.05) is 32.7 Å². The van der Waals surface area contributed by atoms with Crippen LogP contribution in [-0.2, 0) is 9.53 Å². The number of nitrogens with zero attached hydrogens (tertiary/aromatic N) is 1. The van der Waals surface area contributed by atoms with Crippen LogP contribution in [0.4, 0.5) is 0 Å². The predicted octanol–water partition coefficient (Wildman–Crippen LogP) is 3.31. The molecule has 0 radical (unpaired) electrons. The zero-order chi connectivity index (χ0) is 14.3. The van der Waals surface area contributed by atoms with E-state index in [4.69, 9.17) is 16.3 Å². The molecule has 0 heterocycles. The van der Waals surface area contributed by atoms with Crippen LogP contribution in [0.15, 0.2) is 0 Å². The van der Waals surface area contributed by atoms with Gasteiger partial charge >= 0.3 is 0 Å². The zero-order valence-corrected chi connectivity index (χ0v) is 13.3. The van der Waals surface area contributed by atoms with E-state index in [1.165, 1.54) is 12.8 Å². The number of alkyl halides is 1. The Labute approximate surface area is 122 Å². The number of halogens is 1. The molecule has 1 rings (SSSR count). The molecule has 1 saturated carbocycles. The average Bonchev–Trinajstić information content (AvgIpc) is 2.82. The van der Waals surface area contributed by atoms with Crippen LogP contribution in [0.2, 0.25) is 0 Å². The van der Waals surface area contributed by atoms with Crippen molar-refractivity contribution >= 4 is 17.5 Å². The topological polar surface area (TPSA) is 29.5 Å². The van der Waals surface area contributed by atoms with E-state index in [1.807, 2.05) is 4.90 Å². The normalized spacial score (nSPS) is 17.9. The molecule has 0 aromatic rings. The highest BCUT2D eigenvalue weighted by molar-refractivity contribution is 6.18. The largest absolute Gasteiger partial charge is 0.383 e. The summed E-state index contributed by atoms with van der Waals surface area (Å²) in [5, 5.41) is 0. The van der Waals surface area contributed by atoms with Crippen molar-refractivity contribution < 1.29 is 9.53 Å². The first kappa shape index (κ1) is 16.8. The molecule has 4 heteroatoms. The number of hydrogen-bond acceptors (Lipinski definition) is 2. The lowest BCUT2D eigenvalue weighted by Crippen LogP contribution is -2.45. The van der Waals surface area contributed by atoms with Crippen molar-refractivity contribution in [2.45, 2.75) is 46.0 Å². The first-order valence-electron chi connectivity index (χ1n) is 7.40. The molecule has 0 saturated heterocycles. The molecule has 1 aliphatic carbocycles. The highest BCUT2D eigenvalue weighted by Crippen LogP contribution is 2.44. The quantitative estimate of drug-likeness (QED) is 0.642. The van der Waals surface area contributed by atoms with Crippen LogP contribution in [-0.4, -0.2) is 43.5 Å². The van der Waals surface area contributed by atoms with Crippen molar-refractivity contribution in [2.24, 2.45) is 11.3 Å². The molecule has 1 fully saturated rings. The van der Waals surface area contributed by atoms with Crippen LogP contribution in [0.1, 0.15) is 46.0 Å². The Hall–Kier alpha value is -0.280. The van der Waals surface area contributed by atoms with Crippen molar-refractivity contribution in [1.29, 1.82) is 0 Å². The van der Waals surface area contributed by atoms with Crippen molar-refractivity contribution in [3.8, 4) is 0 Å². The molecule has 19 heavy (non-hydrogen) atoms. The summed E-state index contributed by atoms with van der Waals surface area (Å²) in [6.07, 6.45) is 5.43. The lowest BCUT2D eigenvalue weighted by atomic mass is 9.77. The fourth-order valence-electron chi connectivity index (χ4n) is 3.29. The molecule has 1 aliphatic rings. The molecule has 1 amide bonds. The summed E-state index contributed by atoms with van der Waals surface area (Å²) < 4.78 is 5.11. The lowest BCUT2D eigenvalue weighted by molar-refractivity contribution is -0.143. The molecule has 0 unspecified atom stereocenters. The second-order valence-electron chi connectivity index (χ2n) is 6.06. The first-order chi connectivity index (χ1) is 9.05. The number of amides is 1. The SMILES string of the molecule is COCCN(CCCl)C(=O)C1(CC(C)C)CCCC1. The third-order valence-electron chi connectivity index (χ3n) is 4.02. The van der Waals surface area contributed by atoms with Crippen molar-refractivity contribution in [3.63, 3.8) is 0 Å². The maximum absolute atomic E-state index is 12.9. The minimum atomic E-state index is -0.131. The summed E-state index contributed by atoms with van der Waals surface area (Å²) in [4.78, 5) is 14.8. The molecule has 3 nitrogen and oxygen atoms in total. The lowest BCUT2D eigenvalue weighted by Gasteiger charge is -2.35. The molecule has 0 N–H and O–H groups in total. The van der Waals surface area contributed by atoms with E-state index in [1.54, 1.807) is 7.11 Å². The van der Waals surface area contributed by atoms with Gasteiger partial charge in [0.05, 0.1) is 6.61 Å². The molecule has 0 aromatic heterocycles. The van der Waals surface area contributed by atoms with Gasteiger partial charge in [0.25, 0.3) is 0 Å². The third kappa shape index (κ3) is 4.64. The molecule has 112 valence electrons. The van der Waals surface area contributed by atoms with Crippen LogP contribution in [0, 0.1) is 11.3 Å². The van der Waals surface area contributed by atoms with E-state index in [2.05, 4.69) is 13.8 Å². The number of methoxy groups -OCH3 is 1. The highest BCUT2D eigenvalue weighted by atomic mass is 35.5. The summed E-state index contributed by atoms with van der Waals surface area (Å²) >= 11 is 5.84. The number of carbonyl (C=O) groups excluding carboxylic acids is 1. The summed E-state index contributed by atoms with van der Waals surface area (Å²) in [7, 11) is 1.67. The number of rotatable bonds is 8. The summed E-state index contributed by atoms with van der Waals surface area (Å²) in [6, 6.07) is 0. The Balaban J connectivity index is 2.77. The predicted molar refractivity (Wildman–Crippen MR) is 79.5 cm³/mol. The van der Waals surface area contributed by atoms with E-state index in [0.29, 0.717) is 37.4 Å². The minimum absolute atomic E-state index is 0.131. The van der Waals surface area contributed by atoms with E-state index in [0.717, 1.165) is 19.3 Å². The smallest absolute Gasteiger partial charge is 0.228 e.